The monoisotopic (exact) mass is 293 g/mol. The topological polar surface area (TPSA) is 49.8 Å². The van der Waals surface area contributed by atoms with Crippen LogP contribution in [0.3, 0.4) is 0 Å². The van der Waals surface area contributed by atoms with Crippen molar-refractivity contribution >= 4 is 5.97 Å². The fraction of sp³-hybridized carbons (Fsp3) is 0.588. The molecule has 0 saturated heterocycles. The number of methoxy groups -OCH3 is 1. The van der Waals surface area contributed by atoms with E-state index in [4.69, 9.17) is 9.84 Å². The molecule has 1 N–H and O–H groups in total. The molecule has 21 heavy (non-hydrogen) atoms. The molecule has 0 aliphatic heterocycles. The number of benzene rings is 1. The summed E-state index contributed by atoms with van der Waals surface area (Å²) in [6, 6.07) is 5.04. The number of carbonyl (C=O) groups is 1. The van der Waals surface area contributed by atoms with Gasteiger partial charge in [-0.15, -0.1) is 0 Å². The number of aromatic carboxylic acids is 1. The molecule has 0 amide bonds. The van der Waals surface area contributed by atoms with Crippen LogP contribution in [0.15, 0.2) is 18.2 Å². The second-order valence-electron chi connectivity index (χ2n) is 6.31. The Labute approximate surface area is 127 Å². The van der Waals surface area contributed by atoms with E-state index in [0.717, 1.165) is 24.4 Å². The number of nitrogens with zero attached hydrogens (tertiary/aromatic N) is 1. The van der Waals surface area contributed by atoms with Crippen molar-refractivity contribution in [2.45, 2.75) is 34.2 Å². The van der Waals surface area contributed by atoms with Gasteiger partial charge in [-0.1, -0.05) is 27.7 Å². The molecule has 0 aliphatic carbocycles. The predicted molar refractivity (Wildman–Crippen MR) is 84.9 cm³/mol. The van der Waals surface area contributed by atoms with E-state index in [2.05, 4.69) is 32.6 Å². The van der Waals surface area contributed by atoms with Gasteiger partial charge in [-0.05, 0) is 30.0 Å². The molecule has 0 heterocycles. The first-order valence-electron chi connectivity index (χ1n) is 7.46. The summed E-state index contributed by atoms with van der Waals surface area (Å²) in [4.78, 5) is 13.5. The number of rotatable bonds is 8. The van der Waals surface area contributed by atoms with E-state index in [-0.39, 0.29) is 0 Å². The zero-order valence-corrected chi connectivity index (χ0v) is 13.7. The highest BCUT2D eigenvalue weighted by atomic mass is 16.5. The molecule has 0 bridgehead atoms. The van der Waals surface area contributed by atoms with Crippen LogP contribution in [0.25, 0.3) is 0 Å². The van der Waals surface area contributed by atoms with E-state index in [1.807, 2.05) is 0 Å². The lowest BCUT2D eigenvalue weighted by molar-refractivity contribution is 0.0696. The Hall–Kier alpha value is -1.55. The molecular weight excluding hydrogens is 266 g/mol. The first kappa shape index (κ1) is 17.5. The standard InChI is InChI=1S/C17H27NO3/c1-12(2)9-18(10-13(3)4)11-15-8-14(17(19)20)6-7-16(15)21-5/h6-8,12-13H,9-11H2,1-5H3,(H,19,20). The number of hydrogen-bond acceptors (Lipinski definition) is 3. The molecule has 0 unspecified atom stereocenters. The summed E-state index contributed by atoms with van der Waals surface area (Å²) >= 11 is 0. The van der Waals surface area contributed by atoms with E-state index >= 15 is 0 Å². The third kappa shape index (κ3) is 5.76. The van der Waals surface area contributed by atoms with Crippen molar-refractivity contribution in [2.75, 3.05) is 20.2 Å². The maximum absolute atomic E-state index is 11.1. The van der Waals surface area contributed by atoms with Crippen molar-refractivity contribution in [1.29, 1.82) is 0 Å². The average molecular weight is 293 g/mol. The summed E-state index contributed by atoms with van der Waals surface area (Å²) in [7, 11) is 1.62. The molecule has 0 saturated carbocycles. The van der Waals surface area contributed by atoms with Crippen LogP contribution in [0.4, 0.5) is 0 Å². The first-order valence-corrected chi connectivity index (χ1v) is 7.46. The maximum Gasteiger partial charge on any atom is 0.335 e. The van der Waals surface area contributed by atoms with Gasteiger partial charge in [-0.2, -0.15) is 0 Å². The van der Waals surface area contributed by atoms with E-state index in [1.54, 1.807) is 25.3 Å². The van der Waals surface area contributed by atoms with Crippen LogP contribution >= 0.6 is 0 Å². The maximum atomic E-state index is 11.1. The van der Waals surface area contributed by atoms with Crippen LogP contribution in [0.1, 0.15) is 43.6 Å². The fourth-order valence-electron chi connectivity index (χ4n) is 2.51. The highest BCUT2D eigenvalue weighted by molar-refractivity contribution is 5.88. The normalized spacial score (nSPS) is 11.4. The van der Waals surface area contributed by atoms with E-state index in [9.17, 15) is 4.79 Å². The highest BCUT2D eigenvalue weighted by Gasteiger charge is 2.15. The fourth-order valence-corrected chi connectivity index (χ4v) is 2.51. The third-order valence-electron chi connectivity index (χ3n) is 3.17. The van der Waals surface area contributed by atoms with Gasteiger partial charge < -0.3 is 9.84 Å². The highest BCUT2D eigenvalue weighted by Crippen LogP contribution is 2.22. The first-order chi connectivity index (χ1) is 9.83. The zero-order chi connectivity index (χ0) is 16.0. The van der Waals surface area contributed by atoms with E-state index < -0.39 is 5.97 Å². The summed E-state index contributed by atoms with van der Waals surface area (Å²) in [5.74, 6) is 0.977. The van der Waals surface area contributed by atoms with Crippen LogP contribution in [-0.2, 0) is 6.54 Å². The lowest BCUT2D eigenvalue weighted by atomic mass is 10.1. The number of ether oxygens (including phenoxy) is 1. The van der Waals surface area contributed by atoms with Gasteiger partial charge in [0, 0.05) is 25.2 Å². The van der Waals surface area contributed by atoms with Crippen molar-refractivity contribution in [3.63, 3.8) is 0 Å². The minimum absolute atomic E-state index is 0.305. The molecule has 1 aromatic rings. The largest absolute Gasteiger partial charge is 0.496 e. The Morgan fingerprint density at radius 2 is 1.76 bits per heavy atom. The van der Waals surface area contributed by atoms with E-state index in [1.165, 1.54) is 0 Å². The third-order valence-corrected chi connectivity index (χ3v) is 3.17. The van der Waals surface area contributed by atoms with Gasteiger partial charge in [0.25, 0.3) is 0 Å². The van der Waals surface area contributed by atoms with Crippen LogP contribution < -0.4 is 4.74 Å². The summed E-state index contributed by atoms with van der Waals surface area (Å²) < 4.78 is 5.37. The van der Waals surface area contributed by atoms with Crippen LogP contribution in [-0.4, -0.2) is 36.2 Å². The summed E-state index contributed by atoms with van der Waals surface area (Å²) in [6.45, 7) is 11.4. The molecule has 0 fully saturated rings. The molecule has 0 atom stereocenters. The summed E-state index contributed by atoms with van der Waals surface area (Å²) in [6.07, 6.45) is 0. The van der Waals surface area contributed by atoms with Crippen molar-refractivity contribution in [1.82, 2.24) is 4.90 Å². The lowest BCUT2D eigenvalue weighted by Crippen LogP contribution is -2.31. The molecule has 0 aliphatic rings. The van der Waals surface area contributed by atoms with Gasteiger partial charge in [0.15, 0.2) is 0 Å². The number of hydrogen-bond donors (Lipinski definition) is 1. The number of carboxylic acids is 1. The molecule has 1 rings (SSSR count). The van der Waals surface area contributed by atoms with Crippen LogP contribution in [0.2, 0.25) is 0 Å². The second kappa shape index (κ2) is 8.03. The van der Waals surface area contributed by atoms with Gasteiger partial charge in [0.05, 0.1) is 12.7 Å². The van der Waals surface area contributed by atoms with Crippen molar-refractivity contribution in [3.05, 3.63) is 29.3 Å². The van der Waals surface area contributed by atoms with Gasteiger partial charge in [0.1, 0.15) is 5.75 Å². The Morgan fingerprint density at radius 1 is 1.19 bits per heavy atom. The Balaban J connectivity index is 2.99. The second-order valence-corrected chi connectivity index (χ2v) is 6.31. The molecule has 4 nitrogen and oxygen atoms in total. The zero-order valence-electron chi connectivity index (χ0n) is 13.7. The van der Waals surface area contributed by atoms with Crippen molar-refractivity contribution in [2.24, 2.45) is 11.8 Å². The summed E-state index contributed by atoms with van der Waals surface area (Å²) in [5, 5.41) is 9.14. The number of carboxylic acid groups (broad SMARTS) is 1. The SMILES string of the molecule is COc1ccc(C(=O)O)cc1CN(CC(C)C)CC(C)C. The molecular formula is C17H27NO3. The Bertz CT molecular complexity index is 459. The van der Waals surface area contributed by atoms with Gasteiger partial charge in [-0.25, -0.2) is 4.79 Å². The molecule has 118 valence electrons. The summed E-state index contributed by atoms with van der Waals surface area (Å²) in [5.41, 5.74) is 1.23. The van der Waals surface area contributed by atoms with Crippen LogP contribution in [0.5, 0.6) is 5.75 Å². The van der Waals surface area contributed by atoms with Gasteiger partial charge >= 0.3 is 5.97 Å². The molecule has 0 spiro atoms. The van der Waals surface area contributed by atoms with Crippen molar-refractivity contribution < 1.29 is 14.6 Å². The van der Waals surface area contributed by atoms with Gasteiger partial charge in [-0.3, -0.25) is 4.90 Å². The minimum Gasteiger partial charge on any atom is -0.496 e. The van der Waals surface area contributed by atoms with Crippen molar-refractivity contribution in [3.8, 4) is 5.75 Å². The predicted octanol–water partition coefficient (Wildman–Crippen LogP) is 3.51. The Kier molecular flexibility index (Phi) is 6.69. The van der Waals surface area contributed by atoms with Gasteiger partial charge in [0.2, 0.25) is 0 Å². The molecule has 4 heteroatoms. The average Bonchev–Trinajstić information content (AvgIpc) is 2.36. The molecule has 0 radical (unpaired) electrons. The molecule has 0 aromatic heterocycles. The smallest absolute Gasteiger partial charge is 0.335 e. The minimum atomic E-state index is -0.904. The quantitative estimate of drug-likeness (QED) is 0.797. The van der Waals surface area contributed by atoms with E-state index in [0.29, 0.717) is 23.9 Å². The Morgan fingerprint density at radius 3 is 2.19 bits per heavy atom. The van der Waals surface area contributed by atoms with Crippen LogP contribution in [0, 0.1) is 11.8 Å². The molecule has 1 aromatic carbocycles. The lowest BCUT2D eigenvalue weighted by Gasteiger charge is -2.27.